The van der Waals surface area contributed by atoms with Gasteiger partial charge >= 0.3 is 0 Å². The largest absolute Gasteiger partial charge is 0.370 e. The molecule has 112 valence electrons. The minimum Gasteiger partial charge on any atom is -0.370 e. The summed E-state index contributed by atoms with van der Waals surface area (Å²) in [5.74, 6) is 2.75. The van der Waals surface area contributed by atoms with Crippen LogP contribution in [0.4, 0.5) is 11.6 Å². The maximum absolute atomic E-state index is 4.68. The third-order valence-corrected chi connectivity index (χ3v) is 3.31. The number of aryl methyl sites for hydroxylation is 1. The van der Waals surface area contributed by atoms with E-state index in [4.69, 9.17) is 0 Å². The third kappa shape index (κ3) is 3.68. The van der Waals surface area contributed by atoms with Crippen molar-refractivity contribution in [3.63, 3.8) is 0 Å². The molecule has 0 unspecified atom stereocenters. The molecule has 0 saturated carbocycles. The number of anilines is 2. The molecule has 0 aliphatic rings. The number of nitrogens with one attached hydrogen (secondary N) is 1. The van der Waals surface area contributed by atoms with Crippen LogP contribution in [0.15, 0.2) is 24.4 Å². The molecule has 2 rings (SSSR count). The van der Waals surface area contributed by atoms with Crippen LogP contribution in [0, 0.1) is 6.92 Å². The predicted molar refractivity (Wildman–Crippen MR) is 86.7 cm³/mol. The summed E-state index contributed by atoms with van der Waals surface area (Å²) in [4.78, 5) is 15.7. The summed E-state index contributed by atoms with van der Waals surface area (Å²) in [5, 5.41) is 3.32. The molecule has 0 aromatic carbocycles. The van der Waals surface area contributed by atoms with Crippen LogP contribution in [0.1, 0.15) is 30.9 Å². The Morgan fingerprint density at radius 3 is 2.62 bits per heavy atom. The van der Waals surface area contributed by atoms with Gasteiger partial charge in [0.1, 0.15) is 17.5 Å². The molecule has 0 bridgehead atoms. The highest BCUT2D eigenvalue weighted by Crippen LogP contribution is 2.23. The SMILES string of the molecule is CCNc1nc(CC)nc(N(C)Cc2ccccn2)c1C. The van der Waals surface area contributed by atoms with E-state index in [0.29, 0.717) is 0 Å². The molecule has 0 radical (unpaired) electrons. The van der Waals surface area contributed by atoms with Crippen molar-refractivity contribution in [3.05, 3.63) is 41.5 Å². The van der Waals surface area contributed by atoms with E-state index in [0.717, 1.165) is 48.2 Å². The third-order valence-electron chi connectivity index (χ3n) is 3.31. The van der Waals surface area contributed by atoms with Gasteiger partial charge in [0.05, 0.1) is 12.2 Å². The van der Waals surface area contributed by atoms with Crippen LogP contribution in [0.3, 0.4) is 0 Å². The summed E-state index contributed by atoms with van der Waals surface area (Å²) in [6.45, 7) is 7.78. The Morgan fingerprint density at radius 1 is 1.19 bits per heavy atom. The molecule has 0 amide bonds. The lowest BCUT2D eigenvalue weighted by Crippen LogP contribution is -2.21. The van der Waals surface area contributed by atoms with Crippen LogP contribution in [-0.4, -0.2) is 28.5 Å². The maximum Gasteiger partial charge on any atom is 0.137 e. The minimum absolute atomic E-state index is 0.730. The smallest absolute Gasteiger partial charge is 0.137 e. The van der Waals surface area contributed by atoms with Crippen molar-refractivity contribution in [2.24, 2.45) is 0 Å². The van der Waals surface area contributed by atoms with Crippen molar-refractivity contribution in [1.82, 2.24) is 15.0 Å². The van der Waals surface area contributed by atoms with Crippen LogP contribution in [0.5, 0.6) is 0 Å². The van der Waals surface area contributed by atoms with Crippen molar-refractivity contribution in [1.29, 1.82) is 0 Å². The van der Waals surface area contributed by atoms with Gasteiger partial charge in [0.25, 0.3) is 0 Å². The van der Waals surface area contributed by atoms with Gasteiger partial charge < -0.3 is 10.2 Å². The number of hydrogen-bond acceptors (Lipinski definition) is 5. The standard InChI is InChI=1S/C16H23N5/c1-5-14-19-15(17-6-2)12(3)16(20-14)21(4)11-13-9-7-8-10-18-13/h7-10H,5-6,11H2,1-4H3,(H,17,19,20). The second-order valence-corrected chi connectivity index (χ2v) is 5.00. The molecule has 0 aliphatic heterocycles. The highest BCUT2D eigenvalue weighted by Gasteiger charge is 2.14. The summed E-state index contributed by atoms with van der Waals surface area (Å²) in [7, 11) is 2.04. The van der Waals surface area contributed by atoms with E-state index in [1.165, 1.54) is 0 Å². The molecular weight excluding hydrogens is 262 g/mol. The first-order valence-corrected chi connectivity index (χ1v) is 7.38. The average Bonchev–Trinajstić information content (AvgIpc) is 2.50. The van der Waals surface area contributed by atoms with E-state index >= 15 is 0 Å². The van der Waals surface area contributed by atoms with E-state index in [2.05, 4.69) is 45.9 Å². The Balaban J connectivity index is 2.30. The van der Waals surface area contributed by atoms with Gasteiger partial charge in [0.15, 0.2) is 0 Å². The van der Waals surface area contributed by atoms with Gasteiger partial charge in [0, 0.05) is 31.8 Å². The first-order valence-electron chi connectivity index (χ1n) is 7.38. The van der Waals surface area contributed by atoms with Gasteiger partial charge in [-0.05, 0) is 26.0 Å². The second-order valence-electron chi connectivity index (χ2n) is 5.00. The maximum atomic E-state index is 4.68. The van der Waals surface area contributed by atoms with Crippen molar-refractivity contribution in [2.75, 3.05) is 23.8 Å². The normalized spacial score (nSPS) is 10.5. The van der Waals surface area contributed by atoms with E-state index < -0.39 is 0 Å². The average molecular weight is 285 g/mol. The Bertz CT molecular complexity index is 583. The van der Waals surface area contributed by atoms with Crippen molar-refractivity contribution >= 4 is 11.6 Å². The van der Waals surface area contributed by atoms with Gasteiger partial charge in [-0.2, -0.15) is 0 Å². The Hall–Kier alpha value is -2.17. The molecule has 0 fully saturated rings. The number of nitrogens with zero attached hydrogens (tertiary/aromatic N) is 4. The lowest BCUT2D eigenvalue weighted by Gasteiger charge is -2.22. The van der Waals surface area contributed by atoms with Gasteiger partial charge in [-0.15, -0.1) is 0 Å². The summed E-state index contributed by atoms with van der Waals surface area (Å²) >= 11 is 0. The first kappa shape index (κ1) is 15.2. The minimum atomic E-state index is 0.730. The summed E-state index contributed by atoms with van der Waals surface area (Å²) in [6, 6.07) is 5.96. The van der Waals surface area contributed by atoms with Crippen LogP contribution in [-0.2, 0) is 13.0 Å². The molecule has 1 N–H and O–H groups in total. The van der Waals surface area contributed by atoms with E-state index in [1.54, 1.807) is 0 Å². The quantitative estimate of drug-likeness (QED) is 0.884. The molecular formula is C16H23N5. The fourth-order valence-electron chi connectivity index (χ4n) is 2.23. The number of rotatable bonds is 6. The Morgan fingerprint density at radius 2 is 2.00 bits per heavy atom. The molecule has 5 nitrogen and oxygen atoms in total. The molecule has 0 spiro atoms. The molecule has 2 aromatic heterocycles. The van der Waals surface area contributed by atoms with Crippen LogP contribution >= 0.6 is 0 Å². The van der Waals surface area contributed by atoms with Gasteiger partial charge in [-0.25, -0.2) is 9.97 Å². The number of aromatic nitrogens is 3. The summed E-state index contributed by atoms with van der Waals surface area (Å²) in [5.41, 5.74) is 2.11. The fraction of sp³-hybridized carbons (Fsp3) is 0.438. The van der Waals surface area contributed by atoms with Crippen molar-refractivity contribution in [2.45, 2.75) is 33.7 Å². The zero-order valence-electron chi connectivity index (χ0n) is 13.2. The second kappa shape index (κ2) is 7.02. The molecule has 0 saturated heterocycles. The molecule has 0 atom stereocenters. The van der Waals surface area contributed by atoms with Crippen LogP contribution in [0.2, 0.25) is 0 Å². The van der Waals surface area contributed by atoms with E-state index in [1.807, 2.05) is 31.4 Å². The van der Waals surface area contributed by atoms with Crippen LogP contribution < -0.4 is 10.2 Å². The predicted octanol–water partition coefficient (Wildman–Crippen LogP) is 2.81. The fourth-order valence-corrected chi connectivity index (χ4v) is 2.23. The van der Waals surface area contributed by atoms with Crippen LogP contribution in [0.25, 0.3) is 0 Å². The summed E-state index contributed by atoms with van der Waals surface area (Å²) in [6.07, 6.45) is 2.64. The van der Waals surface area contributed by atoms with E-state index in [9.17, 15) is 0 Å². The van der Waals surface area contributed by atoms with Crippen molar-refractivity contribution < 1.29 is 0 Å². The lowest BCUT2D eigenvalue weighted by atomic mass is 10.2. The molecule has 2 aromatic rings. The monoisotopic (exact) mass is 285 g/mol. The zero-order valence-corrected chi connectivity index (χ0v) is 13.2. The number of pyridine rings is 1. The Kier molecular flexibility index (Phi) is 5.09. The highest BCUT2D eigenvalue weighted by atomic mass is 15.2. The Labute approximate surface area is 126 Å². The molecule has 2 heterocycles. The van der Waals surface area contributed by atoms with Gasteiger partial charge in [-0.1, -0.05) is 13.0 Å². The lowest BCUT2D eigenvalue weighted by molar-refractivity contribution is 0.831. The number of hydrogen-bond donors (Lipinski definition) is 1. The van der Waals surface area contributed by atoms with Gasteiger partial charge in [-0.3, -0.25) is 4.98 Å². The molecule has 21 heavy (non-hydrogen) atoms. The van der Waals surface area contributed by atoms with Gasteiger partial charge in [0.2, 0.25) is 0 Å². The van der Waals surface area contributed by atoms with E-state index in [-0.39, 0.29) is 0 Å². The topological polar surface area (TPSA) is 53.9 Å². The highest BCUT2D eigenvalue weighted by molar-refractivity contribution is 5.58. The molecule has 5 heteroatoms. The zero-order chi connectivity index (χ0) is 15.2. The first-order chi connectivity index (χ1) is 10.2. The molecule has 0 aliphatic carbocycles. The van der Waals surface area contributed by atoms with Crippen molar-refractivity contribution in [3.8, 4) is 0 Å². The summed E-state index contributed by atoms with van der Waals surface area (Å²) < 4.78 is 0.